The Bertz CT molecular complexity index is 936. The Kier molecular flexibility index (Phi) is 4.47. The van der Waals surface area contributed by atoms with Gasteiger partial charge in [-0.25, -0.2) is 0 Å². The minimum Gasteiger partial charge on any atom is -0.339 e. The third kappa shape index (κ3) is 3.22. The third-order valence-corrected chi connectivity index (χ3v) is 4.90. The highest BCUT2D eigenvalue weighted by atomic mass is 35.5. The van der Waals surface area contributed by atoms with E-state index in [1.807, 2.05) is 24.3 Å². The average molecular weight is 368 g/mol. The Labute approximate surface area is 156 Å². The minimum atomic E-state index is -0.0960. The molecule has 1 saturated heterocycles. The first-order valence-electron chi connectivity index (χ1n) is 8.63. The van der Waals surface area contributed by atoms with Crippen molar-refractivity contribution in [1.82, 2.24) is 10.1 Å². The number of carbonyl (C=O) groups excluding carboxylic acids is 1. The number of nitrogens with zero attached hydrogens (tertiary/aromatic N) is 3. The number of carbonyl (C=O) groups is 1. The van der Waals surface area contributed by atoms with Crippen molar-refractivity contribution < 1.29 is 9.32 Å². The number of hydrogen-bond acceptors (Lipinski definition) is 4. The van der Waals surface area contributed by atoms with Gasteiger partial charge in [0, 0.05) is 29.2 Å². The maximum atomic E-state index is 12.5. The van der Waals surface area contributed by atoms with E-state index in [0.717, 1.165) is 17.7 Å². The molecule has 1 aliphatic rings. The number of anilines is 1. The van der Waals surface area contributed by atoms with E-state index in [4.69, 9.17) is 16.1 Å². The maximum Gasteiger partial charge on any atom is 0.232 e. The lowest BCUT2D eigenvalue weighted by Gasteiger charge is -2.16. The summed E-state index contributed by atoms with van der Waals surface area (Å²) < 4.78 is 5.44. The number of halogens is 1. The third-order valence-electron chi connectivity index (χ3n) is 4.65. The highest BCUT2D eigenvalue weighted by molar-refractivity contribution is 6.30. The number of aromatic nitrogens is 2. The Morgan fingerprint density at radius 3 is 2.81 bits per heavy atom. The van der Waals surface area contributed by atoms with Gasteiger partial charge in [0.05, 0.1) is 5.92 Å². The molecule has 0 aliphatic carbocycles. The number of amides is 1. The minimum absolute atomic E-state index is 0.0782. The van der Waals surface area contributed by atoms with E-state index in [0.29, 0.717) is 29.7 Å². The van der Waals surface area contributed by atoms with Crippen LogP contribution >= 0.6 is 11.6 Å². The fraction of sp³-hybridized carbons (Fsp3) is 0.250. The Morgan fingerprint density at radius 1 is 1.23 bits per heavy atom. The monoisotopic (exact) mass is 367 g/mol. The molecule has 0 spiro atoms. The lowest BCUT2D eigenvalue weighted by Crippen LogP contribution is -2.24. The van der Waals surface area contributed by atoms with Crippen LogP contribution in [0.5, 0.6) is 0 Å². The van der Waals surface area contributed by atoms with Crippen LogP contribution in [-0.4, -0.2) is 22.6 Å². The van der Waals surface area contributed by atoms with Gasteiger partial charge in [0.1, 0.15) is 0 Å². The van der Waals surface area contributed by atoms with E-state index in [1.165, 1.54) is 5.56 Å². The number of benzene rings is 2. The van der Waals surface area contributed by atoms with Crippen molar-refractivity contribution in [3.63, 3.8) is 0 Å². The molecule has 0 radical (unpaired) electrons. The zero-order valence-corrected chi connectivity index (χ0v) is 15.1. The number of hydrogen-bond donors (Lipinski definition) is 0. The van der Waals surface area contributed by atoms with Crippen LogP contribution in [0.2, 0.25) is 5.02 Å². The molecule has 132 valence electrons. The van der Waals surface area contributed by atoms with Gasteiger partial charge in [-0.3, -0.25) is 4.79 Å². The van der Waals surface area contributed by atoms with Gasteiger partial charge in [0.25, 0.3) is 0 Å². The van der Waals surface area contributed by atoms with Crippen molar-refractivity contribution in [2.24, 2.45) is 0 Å². The van der Waals surface area contributed by atoms with Crippen LogP contribution in [0.15, 0.2) is 53.1 Å². The van der Waals surface area contributed by atoms with Gasteiger partial charge >= 0.3 is 0 Å². The van der Waals surface area contributed by atoms with Gasteiger partial charge in [-0.15, -0.1) is 0 Å². The summed E-state index contributed by atoms with van der Waals surface area (Å²) in [6.07, 6.45) is 1.31. The molecule has 5 nitrogen and oxygen atoms in total. The fourth-order valence-electron chi connectivity index (χ4n) is 3.18. The van der Waals surface area contributed by atoms with Crippen molar-refractivity contribution in [3.05, 3.63) is 65.0 Å². The van der Waals surface area contributed by atoms with E-state index in [-0.39, 0.29) is 11.8 Å². The van der Waals surface area contributed by atoms with Crippen LogP contribution in [0.1, 0.15) is 30.7 Å². The molecule has 4 rings (SSSR count). The first-order chi connectivity index (χ1) is 12.6. The molecule has 2 aromatic carbocycles. The quantitative estimate of drug-likeness (QED) is 0.682. The highest BCUT2D eigenvalue weighted by Gasteiger charge is 2.35. The Hall–Kier alpha value is -2.66. The zero-order valence-electron chi connectivity index (χ0n) is 14.4. The van der Waals surface area contributed by atoms with Crippen LogP contribution in [0.25, 0.3) is 11.4 Å². The van der Waals surface area contributed by atoms with Crippen LogP contribution < -0.4 is 4.90 Å². The van der Waals surface area contributed by atoms with E-state index in [1.54, 1.807) is 17.0 Å². The van der Waals surface area contributed by atoms with E-state index in [2.05, 4.69) is 29.2 Å². The largest absolute Gasteiger partial charge is 0.339 e. The summed E-state index contributed by atoms with van der Waals surface area (Å²) in [5.41, 5.74) is 2.97. The second kappa shape index (κ2) is 6.92. The molecule has 2 heterocycles. The molecular formula is C20H18ClN3O2. The smallest absolute Gasteiger partial charge is 0.232 e. The van der Waals surface area contributed by atoms with Gasteiger partial charge < -0.3 is 9.42 Å². The molecule has 0 N–H and O–H groups in total. The second-order valence-electron chi connectivity index (χ2n) is 6.39. The molecule has 1 fully saturated rings. The predicted octanol–water partition coefficient (Wildman–Crippen LogP) is 4.47. The van der Waals surface area contributed by atoms with Crippen molar-refractivity contribution in [3.8, 4) is 11.4 Å². The molecule has 0 bridgehead atoms. The summed E-state index contributed by atoms with van der Waals surface area (Å²) in [6.45, 7) is 2.65. The highest BCUT2D eigenvalue weighted by Crippen LogP contribution is 2.32. The molecule has 1 amide bonds. The Morgan fingerprint density at radius 2 is 2.04 bits per heavy atom. The van der Waals surface area contributed by atoms with Crippen molar-refractivity contribution in [2.45, 2.75) is 25.7 Å². The lowest BCUT2D eigenvalue weighted by molar-refractivity contribution is -0.117. The first-order valence-corrected chi connectivity index (χ1v) is 9.00. The summed E-state index contributed by atoms with van der Waals surface area (Å²) in [5.74, 6) is 0.990. The van der Waals surface area contributed by atoms with E-state index >= 15 is 0 Å². The molecule has 0 saturated carbocycles. The first kappa shape index (κ1) is 16.8. The van der Waals surface area contributed by atoms with Crippen LogP contribution in [0, 0.1) is 0 Å². The Balaban J connectivity index is 1.54. The average Bonchev–Trinajstić information content (AvgIpc) is 3.29. The molecule has 3 aromatic rings. The topological polar surface area (TPSA) is 59.2 Å². The van der Waals surface area contributed by atoms with Gasteiger partial charge in [0.2, 0.25) is 17.6 Å². The number of rotatable bonds is 4. The second-order valence-corrected chi connectivity index (χ2v) is 6.83. The standard InChI is InChI=1S/C20H18ClN3O2/c1-2-13-4-3-5-17(10-13)24-12-15(11-18(24)25)20-22-19(23-26-20)14-6-8-16(21)9-7-14/h3-10,15H,2,11-12H2,1H3. The van der Waals surface area contributed by atoms with Crippen molar-refractivity contribution in [2.75, 3.05) is 11.4 Å². The molecule has 1 aliphatic heterocycles. The summed E-state index contributed by atoms with van der Waals surface area (Å²) in [7, 11) is 0. The summed E-state index contributed by atoms with van der Waals surface area (Å²) in [4.78, 5) is 18.8. The molecule has 6 heteroatoms. The molecule has 1 atom stereocenters. The van der Waals surface area contributed by atoms with Crippen molar-refractivity contribution in [1.29, 1.82) is 0 Å². The van der Waals surface area contributed by atoms with E-state index < -0.39 is 0 Å². The molecule has 26 heavy (non-hydrogen) atoms. The fourth-order valence-corrected chi connectivity index (χ4v) is 3.31. The van der Waals surface area contributed by atoms with Crippen LogP contribution in [0.4, 0.5) is 5.69 Å². The number of aryl methyl sites for hydroxylation is 1. The van der Waals surface area contributed by atoms with Crippen LogP contribution in [0.3, 0.4) is 0 Å². The van der Waals surface area contributed by atoms with E-state index in [9.17, 15) is 4.79 Å². The molecule has 1 aromatic heterocycles. The SMILES string of the molecule is CCc1cccc(N2CC(c3nc(-c4ccc(Cl)cc4)no3)CC2=O)c1. The maximum absolute atomic E-state index is 12.5. The summed E-state index contributed by atoms with van der Waals surface area (Å²) in [5, 5.41) is 4.71. The summed E-state index contributed by atoms with van der Waals surface area (Å²) in [6, 6.07) is 15.3. The zero-order chi connectivity index (χ0) is 18.1. The van der Waals surface area contributed by atoms with Crippen molar-refractivity contribution >= 4 is 23.2 Å². The van der Waals surface area contributed by atoms with Gasteiger partial charge in [-0.05, 0) is 48.4 Å². The van der Waals surface area contributed by atoms with Crippen LogP contribution in [-0.2, 0) is 11.2 Å². The van der Waals surface area contributed by atoms with Gasteiger partial charge in [-0.2, -0.15) is 4.98 Å². The normalized spacial score (nSPS) is 17.1. The lowest BCUT2D eigenvalue weighted by atomic mass is 10.1. The molecular weight excluding hydrogens is 350 g/mol. The molecule has 1 unspecified atom stereocenters. The summed E-state index contributed by atoms with van der Waals surface area (Å²) >= 11 is 5.91. The predicted molar refractivity (Wildman–Crippen MR) is 100 cm³/mol. The van der Waals surface area contributed by atoms with Gasteiger partial charge in [0.15, 0.2) is 0 Å². The van der Waals surface area contributed by atoms with Gasteiger partial charge in [-0.1, -0.05) is 35.8 Å².